The summed E-state index contributed by atoms with van der Waals surface area (Å²) in [5.74, 6) is 10.2. The van der Waals surface area contributed by atoms with Gasteiger partial charge in [0.05, 0.1) is 17.8 Å². The molecule has 0 aromatic heterocycles. The van der Waals surface area contributed by atoms with Crippen LogP contribution in [0.1, 0.15) is 11.1 Å². The number of nitrogens with zero attached hydrogens (tertiary/aromatic N) is 3. The van der Waals surface area contributed by atoms with Crippen LogP contribution in [0.15, 0.2) is 23.3 Å². The number of benzene rings is 1. The van der Waals surface area contributed by atoms with Crippen molar-refractivity contribution in [1.29, 1.82) is 0 Å². The molecule has 0 amide bonds. The molecule has 5 nitrogen and oxygen atoms in total. The first-order valence-electron chi connectivity index (χ1n) is 4.66. The molecule has 0 aliphatic rings. The van der Waals surface area contributed by atoms with Crippen molar-refractivity contribution in [1.82, 2.24) is 0 Å². The molecule has 1 aromatic rings. The average molecular weight is 255 g/mol. The number of nitrogens with one attached hydrogen (secondary N) is 1. The smallest absolute Gasteiger partial charge is 0.323 e. The number of alkyl halides is 3. The van der Waals surface area contributed by atoms with Crippen molar-refractivity contribution in [3.05, 3.63) is 39.8 Å². The summed E-state index contributed by atoms with van der Waals surface area (Å²) < 4.78 is 37.3. The van der Waals surface area contributed by atoms with Crippen molar-refractivity contribution in [2.24, 2.45) is 11.0 Å². The summed E-state index contributed by atoms with van der Waals surface area (Å²) >= 11 is 0. The van der Waals surface area contributed by atoms with Gasteiger partial charge in [0, 0.05) is 10.5 Å². The van der Waals surface area contributed by atoms with E-state index in [9.17, 15) is 13.2 Å². The Balaban J connectivity index is 3.06. The minimum Gasteiger partial charge on any atom is -0.323 e. The summed E-state index contributed by atoms with van der Waals surface area (Å²) in [6, 6.07) is 2.96. The quantitative estimate of drug-likeness (QED) is 0.212. The van der Waals surface area contributed by atoms with Crippen molar-refractivity contribution in [2.45, 2.75) is 6.18 Å². The number of halogens is 3. The average Bonchev–Trinajstić information content (AvgIpc) is 2.33. The number of nitrogens with two attached hydrogens (primary N) is 1. The van der Waals surface area contributed by atoms with Crippen molar-refractivity contribution in [3.63, 3.8) is 0 Å². The lowest BCUT2D eigenvalue weighted by atomic mass is 10.1. The van der Waals surface area contributed by atoms with Gasteiger partial charge in [0.2, 0.25) is 0 Å². The largest absolute Gasteiger partial charge is 0.416 e. The molecule has 18 heavy (non-hydrogen) atoms. The van der Waals surface area contributed by atoms with Crippen LogP contribution >= 0.6 is 0 Å². The second-order valence-electron chi connectivity index (χ2n) is 3.09. The summed E-state index contributed by atoms with van der Waals surface area (Å²) in [7, 11) is 0. The third kappa shape index (κ3) is 3.59. The molecule has 0 radical (unpaired) electrons. The third-order valence-corrected chi connectivity index (χ3v) is 1.94. The van der Waals surface area contributed by atoms with E-state index in [0.717, 1.165) is 12.1 Å². The minimum absolute atomic E-state index is 0.0539. The Labute approximate surface area is 100 Å². The molecule has 0 saturated carbocycles. The van der Waals surface area contributed by atoms with Gasteiger partial charge in [0.15, 0.2) is 0 Å². The second-order valence-corrected chi connectivity index (χ2v) is 3.09. The summed E-state index contributed by atoms with van der Waals surface area (Å²) in [6.07, 6.45) is -4.44. The number of hydrogen-bond acceptors (Lipinski definition) is 3. The highest BCUT2D eigenvalue weighted by Gasteiger charge is 2.30. The van der Waals surface area contributed by atoms with Crippen LogP contribution in [-0.4, -0.2) is 6.54 Å². The Morgan fingerprint density at radius 1 is 1.44 bits per heavy atom. The van der Waals surface area contributed by atoms with E-state index in [0.29, 0.717) is 5.56 Å². The van der Waals surface area contributed by atoms with Gasteiger partial charge in [-0.15, -0.1) is 0 Å². The summed E-state index contributed by atoms with van der Waals surface area (Å²) in [6.45, 7) is -0.0679. The van der Waals surface area contributed by atoms with Gasteiger partial charge in [-0.05, 0) is 23.7 Å². The van der Waals surface area contributed by atoms with Crippen LogP contribution in [0.4, 0.5) is 18.9 Å². The highest BCUT2D eigenvalue weighted by Crippen LogP contribution is 2.31. The molecule has 0 aliphatic heterocycles. The van der Waals surface area contributed by atoms with Gasteiger partial charge in [0.1, 0.15) is 0 Å². The van der Waals surface area contributed by atoms with E-state index < -0.39 is 11.7 Å². The Bertz CT molecular complexity index is 535. The van der Waals surface area contributed by atoms with Crippen LogP contribution in [0, 0.1) is 11.8 Å². The van der Waals surface area contributed by atoms with Crippen LogP contribution in [0.25, 0.3) is 10.4 Å². The van der Waals surface area contributed by atoms with Gasteiger partial charge < -0.3 is 5.43 Å². The van der Waals surface area contributed by atoms with Gasteiger partial charge >= 0.3 is 6.18 Å². The number of hydrogen-bond donors (Lipinski definition) is 2. The monoisotopic (exact) mass is 255 g/mol. The topological polar surface area (TPSA) is 86.8 Å². The molecule has 0 bridgehead atoms. The first kappa shape index (κ1) is 13.7. The fourth-order valence-electron chi connectivity index (χ4n) is 1.15. The number of nitrogen functional groups attached to an aromatic ring is 1. The SMILES string of the molecule is [N-]=[N+]=NCC#Cc1ccc(C(F)(F)F)cc1NN. The van der Waals surface area contributed by atoms with Crippen molar-refractivity contribution < 1.29 is 13.2 Å². The molecular formula is C10H8F3N5. The number of hydrazine groups is 1. The molecular weight excluding hydrogens is 247 g/mol. The summed E-state index contributed by atoms with van der Waals surface area (Å²) in [5, 5.41) is 3.17. The Hall–Kier alpha value is -2.36. The molecule has 0 fully saturated rings. The molecule has 0 spiro atoms. The van der Waals surface area contributed by atoms with E-state index in [1.807, 2.05) is 0 Å². The molecule has 1 rings (SSSR count). The zero-order chi connectivity index (χ0) is 13.6. The number of azide groups is 1. The predicted octanol–water partition coefficient (Wildman–Crippen LogP) is 2.65. The molecule has 0 unspecified atom stereocenters. The van der Waals surface area contributed by atoms with Crippen molar-refractivity contribution >= 4 is 5.69 Å². The van der Waals surface area contributed by atoms with E-state index in [1.165, 1.54) is 6.07 Å². The van der Waals surface area contributed by atoms with Crippen LogP contribution in [0.2, 0.25) is 0 Å². The van der Waals surface area contributed by atoms with E-state index in [1.54, 1.807) is 0 Å². The molecule has 0 atom stereocenters. The fourth-order valence-corrected chi connectivity index (χ4v) is 1.15. The van der Waals surface area contributed by atoms with Crippen LogP contribution in [0.3, 0.4) is 0 Å². The maximum absolute atomic E-state index is 12.4. The number of rotatable bonds is 2. The fraction of sp³-hybridized carbons (Fsp3) is 0.200. The van der Waals surface area contributed by atoms with Gasteiger partial charge in [-0.25, -0.2) is 0 Å². The highest BCUT2D eigenvalue weighted by molar-refractivity contribution is 5.60. The van der Waals surface area contributed by atoms with E-state index in [4.69, 9.17) is 11.4 Å². The molecule has 0 saturated heterocycles. The Morgan fingerprint density at radius 2 is 2.17 bits per heavy atom. The maximum atomic E-state index is 12.4. The van der Waals surface area contributed by atoms with Crippen molar-refractivity contribution in [3.8, 4) is 11.8 Å². The minimum atomic E-state index is -4.44. The van der Waals surface area contributed by atoms with Crippen LogP contribution < -0.4 is 11.3 Å². The van der Waals surface area contributed by atoms with Gasteiger partial charge in [-0.3, -0.25) is 5.84 Å². The van der Waals surface area contributed by atoms with Crippen molar-refractivity contribution in [2.75, 3.05) is 12.0 Å². The van der Waals surface area contributed by atoms with Crippen LogP contribution in [-0.2, 0) is 6.18 Å². The first-order valence-corrected chi connectivity index (χ1v) is 4.66. The zero-order valence-electron chi connectivity index (χ0n) is 8.99. The summed E-state index contributed by atoms with van der Waals surface area (Å²) in [5.41, 5.74) is 9.69. The zero-order valence-corrected chi connectivity index (χ0v) is 8.99. The van der Waals surface area contributed by atoms with E-state index in [2.05, 4.69) is 27.3 Å². The lowest BCUT2D eigenvalue weighted by Crippen LogP contribution is -2.11. The van der Waals surface area contributed by atoms with Gasteiger partial charge in [-0.2, -0.15) is 13.2 Å². The maximum Gasteiger partial charge on any atom is 0.416 e. The van der Waals surface area contributed by atoms with E-state index in [-0.39, 0.29) is 12.2 Å². The van der Waals surface area contributed by atoms with Gasteiger partial charge in [0.25, 0.3) is 0 Å². The Morgan fingerprint density at radius 3 is 2.72 bits per heavy atom. The molecule has 0 heterocycles. The molecule has 3 N–H and O–H groups in total. The molecule has 0 aliphatic carbocycles. The van der Waals surface area contributed by atoms with Gasteiger partial charge in [-0.1, -0.05) is 17.0 Å². The second kappa shape index (κ2) is 5.82. The predicted molar refractivity (Wildman–Crippen MR) is 60.1 cm³/mol. The highest BCUT2D eigenvalue weighted by atomic mass is 19.4. The molecule has 94 valence electrons. The third-order valence-electron chi connectivity index (χ3n) is 1.94. The molecule has 8 heteroatoms. The summed E-state index contributed by atoms with van der Waals surface area (Å²) in [4.78, 5) is 2.49. The normalized spacial score (nSPS) is 10.0. The lowest BCUT2D eigenvalue weighted by Gasteiger charge is -2.10. The Kier molecular flexibility index (Phi) is 4.43. The lowest BCUT2D eigenvalue weighted by molar-refractivity contribution is -0.137. The molecule has 1 aromatic carbocycles. The standard InChI is InChI=1S/C10H8F3N5/c11-10(12,13)8-4-3-7(9(6-8)17-14)2-1-5-16-18-15/h3-4,6,17H,5,14H2. The van der Waals surface area contributed by atoms with E-state index >= 15 is 0 Å². The van der Waals surface area contributed by atoms with Crippen LogP contribution in [0.5, 0.6) is 0 Å². The first-order chi connectivity index (χ1) is 8.49. The number of anilines is 1.